The van der Waals surface area contributed by atoms with Crippen LogP contribution in [0.5, 0.6) is 0 Å². The van der Waals surface area contributed by atoms with Gasteiger partial charge in [-0.25, -0.2) is 0 Å². The standard InChI is InChI=1S/C37H30NS.CH3I.HI/c1-2-38-33-20-12-13-21-34(33)39-35(38)27-24-28-22-25-32(26-23-28)37(31-18-10-5-11-19-31)36(29-14-6-3-7-15-29)30-16-8-4-9-17-30;1-2;/h3-27H,2H2,1H3;1H3;1H/q+1;;/p-1/b27-24+;;. The molecule has 6 rings (SSSR count). The molecule has 0 spiro atoms. The van der Waals surface area contributed by atoms with Crippen molar-refractivity contribution in [3.63, 3.8) is 0 Å². The zero-order valence-corrected chi connectivity index (χ0v) is 28.9. The molecule has 1 aromatic heterocycles. The molecular formula is C38H33I2NS. The number of fused-ring (bicyclic) bond motifs is 1. The van der Waals surface area contributed by atoms with Crippen molar-refractivity contribution < 1.29 is 28.5 Å². The lowest BCUT2D eigenvalue weighted by Gasteiger charge is -2.18. The van der Waals surface area contributed by atoms with Crippen LogP contribution in [0.2, 0.25) is 0 Å². The first-order valence-electron chi connectivity index (χ1n) is 13.8. The number of hydrogen-bond donors (Lipinski definition) is 0. The minimum absolute atomic E-state index is 0. The Morgan fingerprint density at radius 1 is 0.571 bits per heavy atom. The van der Waals surface area contributed by atoms with Crippen molar-refractivity contribution in [2.24, 2.45) is 0 Å². The minimum atomic E-state index is 0. The maximum Gasteiger partial charge on any atom is 0.262 e. The summed E-state index contributed by atoms with van der Waals surface area (Å²) in [5.74, 6) is 0. The zero-order valence-electron chi connectivity index (χ0n) is 23.8. The zero-order chi connectivity index (χ0) is 28.4. The molecule has 0 atom stereocenters. The fraction of sp³-hybridized carbons (Fsp3) is 0.0789. The number of para-hydroxylation sites is 1. The van der Waals surface area contributed by atoms with Gasteiger partial charge in [0.1, 0.15) is 11.2 Å². The molecule has 0 aliphatic carbocycles. The van der Waals surface area contributed by atoms with E-state index in [1.54, 1.807) is 0 Å². The van der Waals surface area contributed by atoms with Crippen LogP contribution in [-0.4, -0.2) is 4.93 Å². The first kappa shape index (κ1) is 31.9. The van der Waals surface area contributed by atoms with Gasteiger partial charge in [0.05, 0.1) is 0 Å². The molecule has 0 aliphatic rings. The third kappa shape index (κ3) is 7.28. The Morgan fingerprint density at radius 2 is 1.00 bits per heavy atom. The van der Waals surface area contributed by atoms with E-state index < -0.39 is 0 Å². The molecular weight excluding hydrogens is 756 g/mol. The summed E-state index contributed by atoms with van der Waals surface area (Å²) < 4.78 is 3.70. The number of halogens is 2. The van der Waals surface area contributed by atoms with Gasteiger partial charge in [0.25, 0.3) is 5.01 Å². The lowest BCUT2D eigenvalue weighted by molar-refractivity contribution is -0.665. The highest BCUT2D eigenvalue weighted by atomic mass is 127. The van der Waals surface area contributed by atoms with Gasteiger partial charge < -0.3 is 24.0 Å². The maximum atomic E-state index is 2.38. The van der Waals surface area contributed by atoms with Crippen LogP contribution in [0, 0.1) is 0 Å². The van der Waals surface area contributed by atoms with Gasteiger partial charge in [-0.2, -0.15) is 4.57 Å². The summed E-state index contributed by atoms with van der Waals surface area (Å²) in [6.45, 7) is 3.16. The molecule has 0 bridgehead atoms. The molecule has 42 heavy (non-hydrogen) atoms. The lowest BCUT2D eigenvalue weighted by atomic mass is 9.85. The van der Waals surface area contributed by atoms with E-state index >= 15 is 0 Å². The number of aryl methyl sites for hydroxylation is 1. The molecule has 6 aromatic rings. The molecule has 4 heteroatoms. The molecule has 0 unspecified atom stereocenters. The van der Waals surface area contributed by atoms with Crippen molar-refractivity contribution in [1.82, 2.24) is 0 Å². The maximum absolute atomic E-state index is 2.38. The average Bonchev–Trinajstić information content (AvgIpc) is 3.42. The lowest BCUT2D eigenvalue weighted by Crippen LogP contribution is -3.00. The Morgan fingerprint density at radius 3 is 1.48 bits per heavy atom. The van der Waals surface area contributed by atoms with E-state index in [0.29, 0.717) is 0 Å². The topological polar surface area (TPSA) is 3.88 Å². The average molecular weight is 790 g/mol. The van der Waals surface area contributed by atoms with Crippen molar-refractivity contribution in [3.05, 3.63) is 172 Å². The molecule has 210 valence electrons. The molecule has 0 N–H and O–H groups in total. The van der Waals surface area contributed by atoms with E-state index in [1.807, 2.05) is 16.3 Å². The third-order valence-electron chi connectivity index (χ3n) is 7.01. The van der Waals surface area contributed by atoms with Crippen LogP contribution in [-0.2, 0) is 6.54 Å². The first-order valence-corrected chi connectivity index (χ1v) is 16.8. The van der Waals surface area contributed by atoms with Gasteiger partial charge >= 0.3 is 0 Å². The summed E-state index contributed by atoms with van der Waals surface area (Å²) in [7, 11) is 0. The number of nitrogens with zero attached hydrogens (tertiary/aromatic N) is 1. The van der Waals surface area contributed by atoms with E-state index in [4.69, 9.17) is 0 Å². The fourth-order valence-corrected chi connectivity index (χ4v) is 6.29. The molecule has 5 aromatic carbocycles. The van der Waals surface area contributed by atoms with Crippen LogP contribution >= 0.6 is 33.9 Å². The monoisotopic (exact) mass is 789 g/mol. The summed E-state index contributed by atoms with van der Waals surface area (Å²) in [6, 6.07) is 49.8. The van der Waals surface area contributed by atoms with Gasteiger partial charge in [0, 0.05) is 12.1 Å². The van der Waals surface area contributed by atoms with Crippen molar-refractivity contribution in [3.8, 4) is 0 Å². The predicted octanol–water partition coefficient (Wildman–Crippen LogP) is 7.44. The second kappa shape index (κ2) is 16.0. The van der Waals surface area contributed by atoms with Gasteiger partial charge in [0.2, 0.25) is 5.52 Å². The Bertz CT molecular complexity index is 1710. The Labute approximate surface area is 284 Å². The smallest absolute Gasteiger partial charge is 0.262 e. The van der Waals surface area contributed by atoms with Crippen LogP contribution in [0.15, 0.2) is 140 Å². The molecule has 0 radical (unpaired) electrons. The quantitative estimate of drug-likeness (QED) is 0.0686. The van der Waals surface area contributed by atoms with E-state index in [-0.39, 0.29) is 24.0 Å². The largest absolute Gasteiger partial charge is 1.00 e. The van der Waals surface area contributed by atoms with E-state index in [9.17, 15) is 0 Å². The highest BCUT2D eigenvalue weighted by Crippen LogP contribution is 2.37. The number of rotatable bonds is 7. The van der Waals surface area contributed by atoms with Gasteiger partial charge in [-0.15, -0.1) is 0 Å². The number of aromatic nitrogens is 1. The number of thiazole rings is 1. The molecule has 0 saturated carbocycles. The number of alkyl halides is 1. The Balaban J connectivity index is 0.00000132. The van der Waals surface area contributed by atoms with Crippen LogP contribution in [0.25, 0.3) is 33.5 Å². The molecule has 1 nitrogen and oxygen atoms in total. The molecule has 0 fully saturated rings. The van der Waals surface area contributed by atoms with Crippen molar-refractivity contribution in [1.29, 1.82) is 0 Å². The molecule has 0 amide bonds. The molecule has 0 aliphatic heterocycles. The van der Waals surface area contributed by atoms with Gasteiger partial charge in [-0.1, -0.05) is 161 Å². The van der Waals surface area contributed by atoms with Gasteiger partial charge in [-0.05, 0) is 63.0 Å². The highest BCUT2D eigenvalue weighted by Gasteiger charge is 2.17. The summed E-state index contributed by atoms with van der Waals surface area (Å²) in [5, 5.41) is 1.27. The van der Waals surface area contributed by atoms with E-state index in [0.717, 1.165) is 6.54 Å². The van der Waals surface area contributed by atoms with E-state index in [1.165, 1.54) is 54.2 Å². The normalized spacial score (nSPS) is 10.5. The SMILES string of the molecule is CC[n+]1c(/C=C/c2ccc(C(=C(c3ccccc3)c3ccccc3)c3ccccc3)cc2)sc2ccccc21.CI.[I-]. The highest BCUT2D eigenvalue weighted by molar-refractivity contribution is 14.1. The van der Waals surface area contributed by atoms with Crippen LogP contribution in [0.1, 0.15) is 39.7 Å². The fourth-order valence-electron chi connectivity index (χ4n) is 5.16. The van der Waals surface area contributed by atoms with Crippen molar-refractivity contribution in [2.45, 2.75) is 13.5 Å². The Hall–Kier alpha value is -3.07. The number of benzene rings is 5. The summed E-state index contributed by atoms with van der Waals surface area (Å²) in [4.78, 5) is 1.97. The Kier molecular flexibility index (Phi) is 12.1. The van der Waals surface area contributed by atoms with Crippen molar-refractivity contribution in [2.75, 3.05) is 4.93 Å². The van der Waals surface area contributed by atoms with Crippen LogP contribution in [0.3, 0.4) is 0 Å². The molecule has 0 saturated heterocycles. The van der Waals surface area contributed by atoms with Crippen LogP contribution in [0.4, 0.5) is 0 Å². The van der Waals surface area contributed by atoms with Gasteiger partial charge in [-0.3, -0.25) is 0 Å². The first-order chi connectivity index (χ1) is 20.3. The summed E-state index contributed by atoms with van der Waals surface area (Å²) >= 11 is 3.99. The van der Waals surface area contributed by atoms with Gasteiger partial charge in [0.15, 0.2) is 0 Å². The third-order valence-corrected chi connectivity index (χ3v) is 8.14. The summed E-state index contributed by atoms with van der Waals surface area (Å²) in [6.07, 6.45) is 4.47. The summed E-state index contributed by atoms with van der Waals surface area (Å²) in [5.41, 5.74) is 9.78. The number of hydrogen-bond acceptors (Lipinski definition) is 1. The van der Waals surface area contributed by atoms with Crippen LogP contribution < -0.4 is 28.5 Å². The minimum Gasteiger partial charge on any atom is -1.00 e. The second-order valence-corrected chi connectivity index (χ2v) is 10.5. The second-order valence-electron chi connectivity index (χ2n) is 9.46. The van der Waals surface area contributed by atoms with Crippen molar-refractivity contribution >= 4 is 67.4 Å². The predicted molar refractivity (Wildman–Crippen MR) is 187 cm³/mol. The van der Waals surface area contributed by atoms with E-state index in [2.05, 4.69) is 186 Å². The molecule has 1 heterocycles.